The molecular weight excluding hydrogens is 433 g/mol. The molecule has 9 heteroatoms. The smallest absolute Gasteiger partial charge is 0.236 e. The predicted molar refractivity (Wildman–Crippen MR) is 123 cm³/mol. The van der Waals surface area contributed by atoms with Crippen molar-refractivity contribution in [3.05, 3.63) is 64.3 Å². The van der Waals surface area contributed by atoms with Gasteiger partial charge in [-0.05, 0) is 44.0 Å². The van der Waals surface area contributed by atoms with Crippen LogP contribution in [-0.2, 0) is 4.79 Å². The average molecular weight is 454 g/mol. The minimum Gasteiger partial charge on any atom is -0.301 e. The van der Waals surface area contributed by atoms with Crippen LogP contribution in [0, 0.1) is 26.6 Å². The number of hydrogen-bond donors (Lipinski definition) is 2. The number of rotatable bonds is 6. The molecule has 0 radical (unpaired) electrons. The van der Waals surface area contributed by atoms with Crippen LogP contribution in [-0.4, -0.2) is 31.8 Å². The van der Waals surface area contributed by atoms with Gasteiger partial charge in [0.05, 0.1) is 17.0 Å². The summed E-state index contributed by atoms with van der Waals surface area (Å²) in [5, 5.41) is 12.4. The third-order valence-corrected chi connectivity index (χ3v) is 6.21. The van der Waals surface area contributed by atoms with Crippen molar-refractivity contribution in [2.45, 2.75) is 25.9 Å². The van der Waals surface area contributed by atoms with Crippen LogP contribution in [0.25, 0.3) is 22.6 Å². The van der Waals surface area contributed by atoms with E-state index in [0.29, 0.717) is 21.7 Å². The van der Waals surface area contributed by atoms with Crippen LogP contribution < -0.4 is 5.32 Å². The minimum atomic E-state index is -0.383. The van der Waals surface area contributed by atoms with E-state index in [0.717, 1.165) is 22.4 Å². The number of aromatic nitrogens is 4. The molecule has 1 amide bonds. The van der Waals surface area contributed by atoms with Gasteiger partial charge in [-0.25, -0.2) is 14.4 Å². The van der Waals surface area contributed by atoms with Gasteiger partial charge in [-0.15, -0.1) is 16.4 Å². The third-order valence-electron chi connectivity index (χ3n) is 4.61. The molecular formula is C22H20FN5OS2. The maximum atomic E-state index is 13.9. The van der Waals surface area contributed by atoms with E-state index in [1.165, 1.54) is 34.7 Å². The number of amides is 1. The fourth-order valence-electron chi connectivity index (χ4n) is 3.40. The van der Waals surface area contributed by atoms with E-state index in [1.807, 2.05) is 5.38 Å². The first-order chi connectivity index (χ1) is 14.9. The first kappa shape index (κ1) is 21.2. The van der Waals surface area contributed by atoms with Gasteiger partial charge in [0.25, 0.3) is 0 Å². The molecule has 31 heavy (non-hydrogen) atoms. The number of hydrogen-bond acceptors (Lipinski definition) is 6. The number of aryl methyl sites for hydroxylation is 3. The van der Waals surface area contributed by atoms with Crippen molar-refractivity contribution in [2.75, 3.05) is 11.1 Å². The number of anilines is 1. The van der Waals surface area contributed by atoms with E-state index >= 15 is 0 Å². The molecule has 2 N–H and O–H groups in total. The van der Waals surface area contributed by atoms with Crippen molar-refractivity contribution in [1.29, 1.82) is 0 Å². The number of carbonyl (C=O) groups excluding carboxylic acids is 1. The van der Waals surface area contributed by atoms with Gasteiger partial charge in [0.1, 0.15) is 5.82 Å². The van der Waals surface area contributed by atoms with Crippen LogP contribution in [0.4, 0.5) is 9.52 Å². The molecule has 0 aliphatic heterocycles. The molecule has 2 heterocycles. The third kappa shape index (κ3) is 4.83. The molecule has 0 fully saturated rings. The van der Waals surface area contributed by atoms with Crippen LogP contribution in [0.5, 0.6) is 0 Å². The quantitative estimate of drug-likeness (QED) is 0.383. The summed E-state index contributed by atoms with van der Waals surface area (Å²) in [5.41, 5.74) is 5.82. The van der Waals surface area contributed by atoms with E-state index in [-0.39, 0.29) is 17.5 Å². The average Bonchev–Trinajstić information content (AvgIpc) is 3.36. The van der Waals surface area contributed by atoms with E-state index in [2.05, 4.69) is 58.4 Å². The predicted octanol–water partition coefficient (Wildman–Crippen LogP) is 5.39. The first-order valence-corrected chi connectivity index (χ1v) is 11.4. The molecule has 0 bridgehead atoms. The lowest BCUT2D eigenvalue weighted by Gasteiger charge is -2.08. The zero-order valence-electron chi connectivity index (χ0n) is 17.2. The summed E-state index contributed by atoms with van der Waals surface area (Å²) in [4.78, 5) is 21.2. The van der Waals surface area contributed by atoms with E-state index < -0.39 is 0 Å². The molecule has 0 saturated carbocycles. The number of H-pyrrole nitrogens is 1. The lowest BCUT2D eigenvalue weighted by atomic mass is 9.98. The summed E-state index contributed by atoms with van der Waals surface area (Å²) in [6, 6.07) is 10.6. The number of carbonyl (C=O) groups is 1. The van der Waals surface area contributed by atoms with Gasteiger partial charge in [0, 0.05) is 10.9 Å². The standard InChI is InChI=1S/C22H20FN5OS2/c1-12-8-13(2)19(14(3)9-12)17-10-30-21(24-17)25-18(29)11-31-22-26-20(27-28-22)15-6-4-5-7-16(15)23/h4-10H,11H2,1-3H3,(H,24,25,29)(H,26,27,28). The Labute approximate surface area is 187 Å². The molecule has 4 rings (SSSR count). The summed E-state index contributed by atoms with van der Waals surface area (Å²) in [5.74, 6) is -0.145. The van der Waals surface area contributed by atoms with E-state index in [9.17, 15) is 9.18 Å². The molecule has 2 aromatic heterocycles. The maximum Gasteiger partial charge on any atom is 0.236 e. The number of benzene rings is 2. The van der Waals surface area contributed by atoms with Crippen LogP contribution in [0.1, 0.15) is 16.7 Å². The second-order valence-electron chi connectivity index (χ2n) is 7.09. The van der Waals surface area contributed by atoms with Gasteiger partial charge in [-0.2, -0.15) is 0 Å². The van der Waals surface area contributed by atoms with Crippen molar-refractivity contribution in [3.8, 4) is 22.6 Å². The second kappa shape index (κ2) is 8.99. The number of nitrogens with one attached hydrogen (secondary N) is 2. The Kier molecular flexibility index (Phi) is 6.15. The number of aromatic amines is 1. The topological polar surface area (TPSA) is 83.6 Å². The van der Waals surface area contributed by atoms with Crippen molar-refractivity contribution < 1.29 is 9.18 Å². The van der Waals surface area contributed by atoms with Crippen LogP contribution in [0.2, 0.25) is 0 Å². The van der Waals surface area contributed by atoms with Gasteiger partial charge in [0.2, 0.25) is 11.1 Å². The largest absolute Gasteiger partial charge is 0.301 e. The van der Waals surface area contributed by atoms with Crippen molar-refractivity contribution in [3.63, 3.8) is 0 Å². The molecule has 0 atom stereocenters. The molecule has 0 aliphatic carbocycles. The number of thiazole rings is 1. The van der Waals surface area contributed by atoms with Gasteiger partial charge in [-0.3, -0.25) is 9.89 Å². The summed E-state index contributed by atoms with van der Waals surface area (Å²) in [6.45, 7) is 6.20. The van der Waals surface area contributed by atoms with Gasteiger partial charge in [-0.1, -0.05) is 41.6 Å². The molecule has 0 unspecified atom stereocenters. The summed E-state index contributed by atoms with van der Waals surface area (Å²) in [7, 11) is 0. The molecule has 0 saturated heterocycles. The molecule has 0 spiro atoms. The Morgan fingerprint density at radius 1 is 1.16 bits per heavy atom. The Balaban J connectivity index is 1.38. The minimum absolute atomic E-state index is 0.117. The monoisotopic (exact) mass is 453 g/mol. The zero-order chi connectivity index (χ0) is 22.0. The van der Waals surface area contributed by atoms with E-state index in [4.69, 9.17) is 0 Å². The highest BCUT2D eigenvalue weighted by Crippen LogP contribution is 2.31. The Bertz CT molecular complexity index is 1230. The van der Waals surface area contributed by atoms with Crippen LogP contribution in [0.15, 0.2) is 46.9 Å². The van der Waals surface area contributed by atoms with Crippen molar-refractivity contribution in [1.82, 2.24) is 20.2 Å². The zero-order valence-corrected chi connectivity index (χ0v) is 18.8. The SMILES string of the molecule is Cc1cc(C)c(-c2csc(NC(=O)CSc3n[nH]c(-c4ccccc4F)n3)n2)c(C)c1. The Morgan fingerprint density at radius 2 is 1.90 bits per heavy atom. The highest BCUT2D eigenvalue weighted by atomic mass is 32.2. The van der Waals surface area contributed by atoms with Gasteiger partial charge in [0.15, 0.2) is 11.0 Å². The van der Waals surface area contributed by atoms with Crippen molar-refractivity contribution >= 4 is 34.1 Å². The normalized spacial score (nSPS) is 11.0. The fraction of sp³-hybridized carbons (Fsp3) is 0.182. The number of halogens is 1. The lowest BCUT2D eigenvalue weighted by molar-refractivity contribution is -0.113. The number of nitrogens with zero attached hydrogens (tertiary/aromatic N) is 3. The van der Waals surface area contributed by atoms with Crippen molar-refractivity contribution in [2.24, 2.45) is 0 Å². The highest BCUT2D eigenvalue weighted by molar-refractivity contribution is 7.99. The summed E-state index contributed by atoms with van der Waals surface area (Å²) >= 11 is 2.56. The molecule has 158 valence electrons. The first-order valence-electron chi connectivity index (χ1n) is 9.54. The van der Waals surface area contributed by atoms with Gasteiger partial charge < -0.3 is 5.32 Å². The lowest BCUT2D eigenvalue weighted by Crippen LogP contribution is -2.13. The summed E-state index contributed by atoms with van der Waals surface area (Å²) in [6.07, 6.45) is 0. The highest BCUT2D eigenvalue weighted by Gasteiger charge is 2.14. The van der Waals surface area contributed by atoms with E-state index in [1.54, 1.807) is 18.2 Å². The number of thioether (sulfide) groups is 1. The molecule has 6 nitrogen and oxygen atoms in total. The van der Waals surface area contributed by atoms with Gasteiger partial charge >= 0.3 is 0 Å². The summed E-state index contributed by atoms with van der Waals surface area (Å²) < 4.78 is 13.9. The van der Waals surface area contributed by atoms with Crippen LogP contribution >= 0.6 is 23.1 Å². The fourth-order valence-corrected chi connectivity index (χ4v) is 4.72. The molecule has 4 aromatic rings. The Morgan fingerprint density at radius 3 is 2.65 bits per heavy atom. The molecule has 2 aromatic carbocycles. The van der Waals surface area contributed by atoms with Crippen LogP contribution in [0.3, 0.4) is 0 Å². The molecule has 0 aliphatic rings. The Hall–Kier alpha value is -3.04. The maximum absolute atomic E-state index is 13.9. The second-order valence-corrected chi connectivity index (χ2v) is 8.90.